The summed E-state index contributed by atoms with van der Waals surface area (Å²) in [4.78, 5) is 19.1. The molecule has 162 valence electrons. The zero-order valence-corrected chi connectivity index (χ0v) is 19.2. The summed E-state index contributed by atoms with van der Waals surface area (Å²) in [5.41, 5.74) is 0.307. The first-order valence-corrected chi connectivity index (χ1v) is 11.5. The Balaban J connectivity index is 1.81. The molecule has 0 aromatic heterocycles. The van der Waals surface area contributed by atoms with Crippen molar-refractivity contribution < 1.29 is 9.53 Å². The third-order valence-corrected chi connectivity index (χ3v) is 6.18. The topological polar surface area (TPSA) is 66.0 Å². The highest BCUT2D eigenvalue weighted by Gasteiger charge is 2.41. The van der Waals surface area contributed by atoms with E-state index in [1.54, 1.807) is 30.8 Å². The first kappa shape index (κ1) is 23.8. The summed E-state index contributed by atoms with van der Waals surface area (Å²) in [5, 5.41) is 7.53. The van der Waals surface area contributed by atoms with Crippen LogP contribution in [0.5, 0.6) is 0 Å². The molecule has 8 heteroatoms. The molecule has 1 saturated carbocycles. The number of carbonyl (C=O) groups is 1. The zero-order valence-electron chi connectivity index (χ0n) is 17.7. The number of thioether (sulfide) groups is 1. The number of nitrogens with zero attached hydrogens (tertiary/aromatic N) is 2. The SMILES string of the molecule is CCOCCC1(CNC(=NCC(=O)N(C)C)NCCSc2ccc(Cl)cc2)CC1. The van der Waals surface area contributed by atoms with Gasteiger partial charge in [-0.05, 0) is 55.9 Å². The third kappa shape index (κ3) is 9.28. The number of aliphatic imine (C=N–C) groups is 1. The molecule has 0 saturated heterocycles. The zero-order chi connectivity index (χ0) is 21.1. The molecule has 0 aliphatic heterocycles. The summed E-state index contributed by atoms with van der Waals surface area (Å²) in [6, 6.07) is 7.84. The van der Waals surface area contributed by atoms with Crippen molar-refractivity contribution in [1.29, 1.82) is 0 Å². The van der Waals surface area contributed by atoms with Gasteiger partial charge < -0.3 is 20.3 Å². The lowest BCUT2D eigenvalue weighted by Crippen LogP contribution is -2.42. The lowest BCUT2D eigenvalue weighted by Gasteiger charge is -2.19. The Morgan fingerprint density at radius 3 is 2.62 bits per heavy atom. The number of ether oxygens (including phenoxy) is 1. The number of rotatable bonds is 12. The smallest absolute Gasteiger partial charge is 0.243 e. The van der Waals surface area contributed by atoms with Crippen molar-refractivity contribution in [2.45, 2.75) is 31.1 Å². The lowest BCUT2D eigenvalue weighted by molar-refractivity contribution is -0.127. The first-order chi connectivity index (χ1) is 13.9. The summed E-state index contributed by atoms with van der Waals surface area (Å²) in [7, 11) is 3.49. The largest absolute Gasteiger partial charge is 0.382 e. The average Bonchev–Trinajstić information content (AvgIpc) is 3.48. The highest BCUT2D eigenvalue weighted by molar-refractivity contribution is 7.99. The van der Waals surface area contributed by atoms with Gasteiger partial charge in [0.25, 0.3) is 0 Å². The number of halogens is 1. The van der Waals surface area contributed by atoms with Gasteiger partial charge in [0.2, 0.25) is 5.91 Å². The molecule has 2 N–H and O–H groups in total. The maximum atomic E-state index is 11.9. The molecule has 1 fully saturated rings. The predicted molar refractivity (Wildman–Crippen MR) is 122 cm³/mol. The number of benzene rings is 1. The Kier molecular flexibility index (Phi) is 10.1. The summed E-state index contributed by atoms with van der Waals surface area (Å²) < 4.78 is 5.52. The fourth-order valence-corrected chi connectivity index (χ4v) is 3.62. The molecule has 1 amide bonds. The summed E-state index contributed by atoms with van der Waals surface area (Å²) in [5.74, 6) is 1.57. The molecule has 1 aliphatic carbocycles. The second-order valence-electron chi connectivity index (χ2n) is 7.48. The quantitative estimate of drug-likeness (QED) is 0.226. The van der Waals surface area contributed by atoms with E-state index in [0.29, 0.717) is 11.4 Å². The molecule has 1 aromatic rings. The van der Waals surface area contributed by atoms with Crippen molar-refractivity contribution in [2.24, 2.45) is 10.4 Å². The number of amides is 1. The van der Waals surface area contributed by atoms with E-state index in [2.05, 4.69) is 15.6 Å². The van der Waals surface area contributed by atoms with Crippen molar-refractivity contribution in [2.75, 3.05) is 52.7 Å². The van der Waals surface area contributed by atoms with Crippen LogP contribution in [0.15, 0.2) is 34.2 Å². The minimum absolute atomic E-state index is 0.0147. The average molecular weight is 441 g/mol. The third-order valence-electron chi connectivity index (χ3n) is 4.92. The summed E-state index contributed by atoms with van der Waals surface area (Å²) in [6.45, 7) is 5.33. The van der Waals surface area contributed by atoms with E-state index < -0.39 is 0 Å². The van der Waals surface area contributed by atoms with E-state index in [0.717, 1.165) is 43.5 Å². The van der Waals surface area contributed by atoms with Crippen LogP contribution in [0.4, 0.5) is 0 Å². The van der Waals surface area contributed by atoms with Crippen LogP contribution in [0.25, 0.3) is 0 Å². The van der Waals surface area contributed by atoms with Gasteiger partial charge in [-0.2, -0.15) is 0 Å². The molecule has 6 nitrogen and oxygen atoms in total. The van der Waals surface area contributed by atoms with Crippen molar-refractivity contribution >= 4 is 35.2 Å². The molecule has 0 bridgehead atoms. The fourth-order valence-electron chi connectivity index (χ4n) is 2.73. The van der Waals surface area contributed by atoms with Gasteiger partial charge >= 0.3 is 0 Å². The van der Waals surface area contributed by atoms with Crippen molar-refractivity contribution in [3.63, 3.8) is 0 Å². The van der Waals surface area contributed by atoms with Crippen LogP contribution in [-0.2, 0) is 9.53 Å². The van der Waals surface area contributed by atoms with E-state index in [1.807, 2.05) is 31.2 Å². The minimum Gasteiger partial charge on any atom is -0.382 e. The Bertz CT molecular complexity index is 663. The summed E-state index contributed by atoms with van der Waals surface area (Å²) in [6.07, 6.45) is 3.48. The van der Waals surface area contributed by atoms with Crippen LogP contribution in [0.3, 0.4) is 0 Å². The maximum absolute atomic E-state index is 11.9. The van der Waals surface area contributed by atoms with E-state index in [-0.39, 0.29) is 12.5 Å². The molecule has 0 unspecified atom stereocenters. The van der Waals surface area contributed by atoms with E-state index in [1.165, 1.54) is 17.7 Å². The normalized spacial score (nSPS) is 15.1. The van der Waals surface area contributed by atoms with Gasteiger partial charge in [-0.1, -0.05) is 11.6 Å². The number of carbonyl (C=O) groups excluding carboxylic acids is 1. The van der Waals surface area contributed by atoms with Gasteiger partial charge in [0.15, 0.2) is 5.96 Å². The summed E-state index contributed by atoms with van der Waals surface area (Å²) >= 11 is 7.68. The Hall–Kier alpha value is -1.44. The second-order valence-corrected chi connectivity index (χ2v) is 9.09. The van der Waals surface area contributed by atoms with Gasteiger partial charge in [-0.25, -0.2) is 4.99 Å². The Morgan fingerprint density at radius 1 is 1.28 bits per heavy atom. The predicted octanol–water partition coefficient (Wildman–Crippen LogP) is 3.26. The van der Waals surface area contributed by atoms with E-state index >= 15 is 0 Å². The number of likely N-dealkylation sites (N-methyl/N-ethyl adjacent to an activating group) is 1. The number of guanidine groups is 1. The van der Waals surface area contributed by atoms with Crippen LogP contribution in [0.2, 0.25) is 5.02 Å². The van der Waals surface area contributed by atoms with Gasteiger partial charge in [0.1, 0.15) is 6.54 Å². The first-order valence-electron chi connectivity index (χ1n) is 10.1. The molecule has 0 spiro atoms. The molecule has 0 atom stereocenters. The number of hydrogen-bond donors (Lipinski definition) is 2. The van der Waals surface area contributed by atoms with Crippen molar-refractivity contribution in [3.05, 3.63) is 29.3 Å². The van der Waals surface area contributed by atoms with Crippen molar-refractivity contribution in [3.8, 4) is 0 Å². The second kappa shape index (κ2) is 12.3. The number of nitrogens with one attached hydrogen (secondary N) is 2. The number of hydrogen-bond acceptors (Lipinski definition) is 4. The highest BCUT2D eigenvalue weighted by Crippen LogP contribution is 2.48. The van der Waals surface area contributed by atoms with Gasteiger partial charge in [-0.15, -0.1) is 11.8 Å². The molecule has 0 heterocycles. The molecule has 0 radical (unpaired) electrons. The van der Waals surface area contributed by atoms with Crippen LogP contribution >= 0.6 is 23.4 Å². The standard InChI is InChI=1S/C21H33ClN4O2S/c1-4-28-13-11-21(9-10-21)16-25-20(24-15-19(27)26(2)3)23-12-14-29-18-7-5-17(22)6-8-18/h5-8H,4,9-16H2,1-3H3,(H2,23,24,25). The van der Waals surface area contributed by atoms with E-state index in [9.17, 15) is 4.79 Å². The molecule has 29 heavy (non-hydrogen) atoms. The molecular formula is C21H33ClN4O2S. The van der Waals surface area contributed by atoms with Gasteiger partial charge in [-0.3, -0.25) is 4.79 Å². The maximum Gasteiger partial charge on any atom is 0.243 e. The Labute approximate surface area is 183 Å². The van der Waals surface area contributed by atoms with Crippen molar-refractivity contribution in [1.82, 2.24) is 15.5 Å². The van der Waals surface area contributed by atoms with Gasteiger partial charge in [0, 0.05) is 56.1 Å². The lowest BCUT2D eigenvalue weighted by atomic mass is 10.0. The molecule has 1 aromatic carbocycles. The minimum atomic E-state index is -0.0147. The van der Waals surface area contributed by atoms with Crippen LogP contribution in [-0.4, -0.2) is 69.5 Å². The van der Waals surface area contributed by atoms with E-state index in [4.69, 9.17) is 16.3 Å². The molecule has 2 rings (SSSR count). The molecule has 1 aliphatic rings. The van der Waals surface area contributed by atoms with Crippen LogP contribution in [0.1, 0.15) is 26.2 Å². The Morgan fingerprint density at radius 2 is 2.00 bits per heavy atom. The van der Waals surface area contributed by atoms with Crippen LogP contribution < -0.4 is 10.6 Å². The van der Waals surface area contributed by atoms with Crippen LogP contribution in [0, 0.1) is 5.41 Å². The fraction of sp³-hybridized carbons (Fsp3) is 0.619. The highest BCUT2D eigenvalue weighted by atomic mass is 35.5. The monoisotopic (exact) mass is 440 g/mol. The molecular weight excluding hydrogens is 408 g/mol. The van der Waals surface area contributed by atoms with Gasteiger partial charge in [0.05, 0.1) is 0 Å².